The highest BCUT2D eigenvalue weighted by atomic mass is 19.1. The number of allylic oxidation sites excluding steroid dienone is 1. The van der Waals surface area contributed by atoms with Gasteiger partial charge in [-0.1, -0.05) is 31.9 Å². The van der Waals surface area contributed by atoms with Crippen LogP contribution in [-0.2, 0) is 9.53 Å². The van der Waals surface area contributed by atoms with Gasteiger partial charge in [0.2, 0.25) is 0 Å². The number of fused-ring (bicyclic) bond motifs is 2. The van der Waals surface area contributed by atoms with Crippen LogP contribution in [0.4, 0.5) is 10.1 Å². The maximum absolute atomic E-state index is 13.2. The first-order valence-corrected chi connectivity index (χ1v) is 11.6. The van der Waals surface area contributed by atoms with Crippen molar-refractivity contribution in [3.63, 3.8) is 0 Å². The molecule has 0 spiro atoms. The molecule has 30 heavy (non-hydrogen) atoms. The molecule has 5 rings (SSSR count). The molecule has 0 amide bonds. The number of piperazine rings is 1. The molecule has 4 aliphatic rings. The van der Waals surface area contributed by atoms with Gasteiger partial charge in [0.1, 0.15) is 11.9 Å². The Hall–Kier alpha value is -1.88. The highest BCUT2D eigenvalue weighted by molar-refractivity contribution is 5.76. The molecule has 1 saturated carbocycles. The van der Waals surface area contributed by atoms with Gasteiger partial charge in [0.15, 0.2) is 0 Å². The zero-order valence-corrected chi connectivity index (χ0v) is 18.1. The van der Waals surface area contributed by atoms with Crippen molar-refractivity contribution in [2.75, 3.05) is 37.6 Å². The van der Waals surface area contributed by atoms with Gasteiger partial charge in [-0.2, -0.15) is 0 Å². The second-order valence-corrected chi connectivity index (χ2v) is 10.1. The van der Waals surface area contributed by atoms with Gasteiger partial charge in [-0.3, -0.25) is 9.69 Å². The summed E-state index contributed by atoms with van der Waals surface area (Å²) in [6, 6.07) is 6.74. The van der Waals surface area contributed by atoms with Gasteiger partial charge in [0, 0.05) is 44.3 Å². The van der Waals surface area contributed by atoms with Crippen LogP contribution in [0.15, 0.2) is 35.9 Å². The molecule has 2 heterocycles. The van der Waals surface area contributed by atoms with Gasteiger partial charge in [0.05, 0.1) is 5.92 Å². The highest BCUT2D eigenvalue weighted by Crippen LogP contribution is 2.54. The molecule has 1 aromatic carbocycles. The standard InChI is InChI=1S/C25H33FN2O2/c1-17-4-3-9-25(2)15-23-20(14-22(17)25)21(24(29)30-23)16-27-10-12-28(13-11-27)19-7-5-18(26)6-8-19/h5-8,14,17,20-21,23H,3-4,9-13,15-16H2,1-2H3/t17-,20-,21+,23-,25-/m1/s1. The molecule has 3 fully saturated rings. The minimum Gasteiger partial charge on any atom is -0.461 e. The van der Waals surface area contributed by atoms with Crippen molar-refractivity contribution in [2.24, 2.45) is 23.2 Å². The monoisotopic (exact) mass is 412 g/mol. The van der Waals surface area contributed by atoms with Crippen molar-refractivity contribution in [3.8, 4) is 0 Å². The molecule has 0 bridgehead atoms. The molecule has 0 unspecified atom stereocenters. The number of carbonyl (C=O) groups is 1. The molecule has 5 heteroatoms. The molecule has 2 aliphatic heterocycles. The Kier molecular flexibility index (Phi) is 5.12. The number of ether oxygens (including phenoxy) is 1. The van der Waals surface area contributed by atoms with Crippen molar-refractivity contribution >= 4 is 11.7 Å². The molecule has 2 saturated heterocycles. The van der Waals surface area contributed by atoms with Crippen molar-refractivity contribution in [2.45, 2.75) is 45.6 Å². The first kappa shape index (κ1) is 20.0. The van der Waals surface area contributed by atoms with E-state index < -0.39 is 0 Å². The normalized spacial score (nSPS) is 36.7. The average Bonchev–Trinajstić information content (AvgIpc) is 3.01. The van der Waals surface area contributed by atoms with Crippen LogP contribution in [0, 0.1) is 29.0 Å². The van der Waals surface area contributed by atoms with Crippen LogP contribution in [0.2, 0.25) is 0 Å². The minimum atomic E-state index is -0.198. The summed E-state index contributed by atoms with van der Waals surface area (Å²) in [6.07, 6.45) is 7.27. The molecule has 5 atom stereocenters. The van der Waals surface area contributed by atoms with E-state index in [1.54, 1.807) is 5.57 Å². The number of esters is 1. The summed E-state index contributed by atoms with van der Waals surface area (Å²) in [4.78, 5) is 17.5. The number of hydrogen-bond donors (Lipinski definition) is 0. The van der Waals surface area contributed by atoms with Crippen molar-refractivity contribution < 1.29 is 13.9 Å². The first-order chi connectivity index (χ1) is 14.4. The van der Waals surface area contributed by atoms with Crippen molar-refractivity contribution in [1.82, 2.24) is 4.90 Å². The van der Waals surface area contributed by atoms with Gasteiger partial charge in [-0.05, 0) is 54.9 Å². The van der Waals surface area contributed by atoms with E-state index in [2.05, 4.69) is 29.7 Å². The van der Waals surface area contributed by atoms with Gasteiger partial charge in [-0.15, -0.1) is 0 Å². The fourth-order valence-electron chi connectivity index (χ4n) is 6.38. The third-order valence-electron chi connectivity index (χ3n) is 8.10. The summed E-state index contributed by atoms with van der Waals surface area (Å²) in [5.41, 5.74) is 2.87. The fraction of sp³-hybridized carbons (Fsp3) is 0.640. The van der Waals surface area contributed by atoms with Crippen molar-refractivity contribution in [1.29, 1.82) is 0 Å². The molecule has 0 radical (unpaired) electrons. The second-order valence-electron chi connectivity index (χ2n) is 10.1. The van der Waals surface area contributed by atoms with Gasteiger partial charge in [0.25, 0.3) is 0 Å². The maximum Gasteiger partial charge on any atom is 0.311 e. The van der Waals surface area contributed by atoms with Gasteiger partial charge in [-0.25, -0.2) is 4.39 Å². The lowest BCUT2D eigenvalue weighted by Gasteiger charge is -2.46. The third kappa shape index (κ3) is 3.55. The maximum atomic E-state index is 13.2. The van der Waals surface area contributed by atoms with Crippen LogP contribution in [0.1, 0.15) is 39.5 Å². The topological polar surface area (TPSA) is 32.8 Å². The first-order valence-electron chi connectivity index (χ1n) is 11.6. The lowest BCUT2D eigenvalue weighted by molar-refractivity contribution is -0.145. The number of carbonyl (C=O) groups excluding carboxylic acids is 1. The van der Waals surface area contributed by atoms with Crippen LogP contribution < -0.4 is 4.90 Å². The summed E-state index contributed by atoms with van der Waals surface area (Å²) in [7, 11) is 0. The lowest BCUT2D eigenvalue weighted by atomic mass is 9.59. The Bertz CT molecular complexity index is 830. The Morgan fingerprint density at radius 1 is 1.17 bits per heavy atom. The number of halogens is 1. The van der Waals surface area contributed by atoms with E-state index in [1.807, 2.05) is 12.1 Å². The van der Waals surface area contributed by atoms with E-state index in [9.17, 15) is 9.18 Å². The van der Waals surface area contributed by atoms with E-state index in [4.69, 9.17) is 4.74 Å². The molecule has 162 valence electrons. The number of benzene rings is 1. The zero-order valence-electron chi connectivity index (χ0n) is 18.1. The zero-order chi connectivity index (χ0) is 20.9. The van der Waals surface area contributed by atoms with Gasteiger partial charge >= 0.3 is 5.97 Å². The fourth-order valence-corrected chi connectivity index (χ4v) is 6.38. The van der Waals surface area contributed by atoms with E-state index >= 15 is 0 Å². The Morgan fingerprint density at radius 3 is 2.63 bits per heavy atom. The smallest absolute Gasteiger partial charge is 0.311 e. The van der Waals surface area contributed by atoms with Crippen molar-refractivity contribution in [3.05, 3.63) is 41.7 Å². The number of hydrogen-bond acceptors (Lipinski definition) is 4. The molecule has 4 nitrogen and oxygen atoms in total. The van der Waals surface area contributed by atoms with Crippen LogP contribution in [0.25, 0.3) is 0 Å². The van der Waals surface area contributed by atoms with Crippen LogP contribution in [0.5, 0.6) is 0 Å². The largest absolute Gasteiger partial charge is 0.461 e. The Morgan fingerprint density at radius 2 is 1.90 bits per heavy atom. The molecule has 1 aromatic rings. The second kappa shape index (κ2) is 7.67. The van der Waals surface area contributed by atoms with Crippen LogP contribution in [-0.4, -0.2) is 49.7 Å². The summed E-state index contributed by atoms with van der Waals surface area (Å²) >= 11 is 0. The SMILES string of the molecule is C[C@@H]1CCC[C@]2(C)C[C@H]3OC(=O)[C@@H](CN4CCN(c5ccc(F)cc5)CC4)[C@H]3C=C12. The number of rotatable bonds is 3. The van der Waals surface area contributed by atoms with Crippen LogP contribution in [0.3, 0.4) is 0 Å². The molecular formula is C25H33FN2O2. The van der Waals surface area contributed by atoms with Gasteiger partial charge < -0.3 is 9.64 Å². The summed E-state index contributed by atoms with van der Waals surface area (Å²) in [5, 5.41) is 0. The quantitative estimate of drug-likeness (QED) is 0.549. The van der Waals surface area contributed by atoms with Crippen LogP contribution >= 0.6 is 0 Å². The predicted octanol–water partition coefficient (Wildman–Crippen LogP) is 4.26. The molecule has 2 aliphatic carbocycles. The molecular weight excluding hydrogens is 379 g/mol. The Balaban J connectivity index is 1.25. The van der Waals surface area contributed by atoms with E-state index in [1.165, 1.54) is 31.4 Å². The number of nitrogens with zero attached hydrogens (tertiary/aromatic N) is 2. The summed E-state index contributed by atoms with van der Waals surface area (Å²) in [6.45, 7) is 9.15. The predicted molar refractivity (Wildman–Crippen MR) is 116 cm³/mol. The minimum absolute atomic E-state index is 0.00212. The lowest BCUT2D eigenvalue weighted by Crippen LogP contribution is -2.49. The highest BCUT2D eigenvalue weighted by Gasteiger charge is 2.52. The molecule has 0 N–H and O–H groups in total. The van der Waals surface area contributed by atoms with E-state index in [-0.39, 0.29) is 35.1 Å². The van der Waals surface area contributed by atoms with E-state index in [0.717, 1.165) is 44.8 Å². The summed E-state index contributed by atoms with van der Waals surface area (Å²) in [5.74, 6) is 0.615. The average molecular weight is 413 g/mol. The third-order valence-corrected chi connectivity index (χ3v) is 8.10. The molecule has 0 aromatic heterocycles. The number of anilines is 1. The summed E-state index contributed by atoms with van der Waals surface area (Å²) < 4.78 is 19.1. The Labute approximate surface area is 179 Å². The van der Waals surface area contributed by atoms with E-state index in [0.29, 0.717) is 5.92 Å².